The summed E-state index contributed by atoms with van der Waals surface area (Å²) < 4.78 is 5.06. The second-order valence-corrected chi connectivity index (χ2v) is 5.08. The maximum Gasteiger partial charge on any atom is 0.407 e. The van der Waals surface area contributed by atoms with E-state index in [1.54, 1.807) is 13.8 Å². The van der Waals surface area contributed by atoms with Crippen LogP contribution in [-0.4, -0.2) is 34.1 Å². The number of hydrogen-bond donors (Lipinski definition) is 3. The molecule has 0 saturated heterocycles. The fourth-order valence-electron chi connectivity index (χ4n) is 1.79. The summed E-state index contributed by atoms with van der Waals surface area (Å²) in [6, 6.07) is 8.69. The van der Waals surface area contributed by atoms with E-state index in [4.69, 9.17) is 4.74 Å². The molecule has 3 N–H and O–H groups in total. The van der Waals surface area contributed by atoms with Gasteiger partial charge in [-0.3, -0.25) is 0 Å². The lowest BCUT2D eigenvalue weighted by atomic mass is 9.90. The molecule has 5 nitrogen and oxygen atoms in total. The first kappa shape index (κ1) is 16.5. The van der Waals surface area contributed by atoms with Gasteiger partial charge in [-0.1, -0.05) is 37.3 Å². The van der Waals surface area contributed by atoms with E-state index in [1.807, 2.05) is 30.3 Å². The number of amides is 1. The van der Waals surface area contributed by atoms with Crippen molar-refractivity contribution >= 4 is 6.09 Å². The minimum atomic E-state index is -1.40. The molecule has 3 atom stereocenters. The molecule has 0 unspecified atom stereocenters. The molecular weight excluding hydrogens is 258 g/mol. The third kappa shape index (κ3) is 4.51. The van der Waals surface area contributed by atoms with Crippen LogP contribution in [0.1, 0.15) is 32.8 Å². The first-order chi connectivity index (χ1) is 9.37. The van der Waals surface area contributed by atoms with Gasteiger partial charge in [0.2, 0.25) is 0 Å². The number of carbonyl (C=O) groups excluding carboxylic acids is 1. The Morgan fingerprint density at radius 1 is 1.40 bits per heavy atom. The molecular formula is C15H23NO4. The van der Waals surface area contributed by atoms with Gasteiger partial charge in [-0.05, 0) is 25.8 Å². The number of aliphatic hydroxyl groups is 2. The summed E-state index contributed by atoms with van der Waals surface area (Å²) in [6.07, 6.45) is -1.13. The van der Waals surface area contributed by atoms with Crippen molar-refractivity contribution < 1.29 is 19.7 Å². The Morgan fingerprint density at radius 3 is 2.55 bits per heavy atom. The number of carbonyl (C=O) groups is 1. The van der Waals surface area contributed by atoms with Crippen molar-refractivity contribution in [1.82, 2.24) is 5.32 Å². The molecule has 0 aliphatic carbocycles. The van der Waals surface area contributed by atoms with E-state index in [9.17, 15) is 15.0 Å². The third-order valence-electron chi connectivity index (χ3n) is 3.49. The molecule has 5 heteroatoms. The SMILES string of the molecule is CC[C@@H](O)[C@@](C)(O)[C@@H](C)NC(=O)OCc1ccccc1. The van der Waals surface area contributed by atoms with E-state index in [2.05, 4.69) is 5.32 Å². The van der Waals surface area contributed by atoms with Gasteiger partial charge in [0.1, 0.15) is 12.2 Å². The number of ether oxygens (including phenoxy) is 1. The molecule has 0 radical (unpaired) electrons. The Kier molecular flexibility index (Phi) is 5.98. The zero-order valence-electron chi connectivity index (χ0n) is 12.2. The average molecular weight is 281 g/mol. The largest absolute Gasteiger partial charge is 0.445 e. The molecule has 1 aromatic rings. The summed E-state index contributed by atoms with van der Waals surface area (Å²) in [4.78, 5) is 11.7. The van der Waals surface area contributed by atoms with E-state index in [1.165, 1.54) is 6.92 Å². The standard InChI is InChI=1S/C15H23NO4/c1-4-13(17)15(3,19)11(2)16-14(18)20-10-12-8-6-5-7-9-12/h5-9,11,13,17,19H,4,10H2,1-3H3,(H,16,18)/t11-,13-,15+/m1/s1. The minimum absolute atomic E-state index is 0.165. The zero-order chi connectivity index (χ0) is 15.2. The summed E-state index contributed by atoms with van der Waals surface area (Å²) in [6.45, 7) is 5.05. The molecule has 0 aliphatic rings. The van der Waals surface area contributed by atoms with Crippen LogP contribution in [-0.2, 0) is 11.3 Å². The van der Waals surface area contributed by atoms with Crippen molar-refractivity contribution in [3.05, 3.63) is 35.9 Å². The molecule has 112 valence electrons. The molecule has 20 heavy (non-hydrogen) atoms. The fraction of sp³-hybridized carbons (Fsp3) is 0.533. The maximum absolute atomic E-state index is 11.7. The summed E-state index contributed by atoms with van der Waals surface area (Å²) in [5.41, 5.74) is -0.517. The smallest absolute Gasteiger partial charge is 0.407 e. The lowest BCUT2D eigenvalue weighted by Crippen LogP contribution is -2.55. The van der Waals surface area contributed by atoms with Crippen LogP contribution in [0.5, 0.6) is 0 Å². The Labute approximate surface area is 119 Å². The fourth-order valence-corrected chi connectivity index (χ4v) is 1.79. The second kappa shape index (κ2) is 7.26. The average Bonchev–Trinajstić information content (AvgIpc) is 2.45. The van der Waals surface area contributed by atoms with Crippen molar-refractivity contribution in [1.29, 1.82) is 0 Å². The van der Waals surface area contributed by atoms with Gasteiger partial charge in [0.15, 0.2) is 0 Å². The van der Waals surface area contributed by atoms with Crippen LogP contribution in [0.25, 0.3) is 0 Å². The third-order valence-corrected chi connectivity index (χ3v) is 3.49. The topological polar surface area (TPSA) is 78.8 Å². The number of hydrogen-bond acceptors (Lipinski definition) is 4. The van der Waals surface area contributed by atoms with Crippen molar-refractivity contribution in [2.45, 2.75) is 51.5 Å². The first-order valence-corrected chi connectivity index (χ1v) is 6.75. The van der Waals surface area contributed by atoms with Gasteiger partial charge in [-0.25, -0.2) is 4.79 Å². The van der Waals surface area contributed by atoms with Crippen LogP contribution in [0.15, 0.2) is 30.3 Å². The van der Waals surface area contributed by atoms with Gasteiger partial charge in [0, 0.05) is 0 Å². The van der Waals surface area contributed by atoms with E-state index in [0.29, 0.717) is 6.42 Å². The van der Waals surface area contributed by atoms with Gasteiger partial charge >= 0.3 is 6.09 Å². The lowest BCUT2D eigenvalue weighted by Gasteiger charge is -2.34. The van der Waals surface area contributed by atoms with Gasteiger partial charge in [0.05, 0.1) is 12.1 Å². The monoisotopic (exact) mass is 281 g/mol. The highest BCUT2D eigenvalue weighted by molar-refractivity contribution is 5.67. The van der Waals surface area contributed by atoms with E-state index in [0.717, 1.165) is 5.56 Å². The highest BCUT2D eigenvalue weighted by atomic mass is 16.5. The summed E-state index contributed by atoms with van der Waals surface area (Å²) in [5.74, 6) is 0. The van der Waals surface area contributed by atoms with Gasteiger partial charge in [-0.2, -0.15) is 0 Å². The second-order valence-electron chi connectivity index (χ2n) is 5.08. The summed E-state index contributed by atoms with van der Waals surface area (Å²) >= 11 is 0. The molecule has 0 saturated carbocycles. The Balaban J connectivity index is 2.46. The normalized spacial score (nSPS) is 16.9. The number of aliphatic hydroxyl groups excluding tert-OH is 1. The highest BCUT2D eigenvalue weighted by Crippen LogP contribution is 2.17. The maximum atomic E-state index is 11.7. The molecule has 0 fully saturated rings. The zero-order valence-corrected chi connectivity index (χ0v) is 12.2. The molecule has 1 aromatic carbocycles. The van der Waals surface area contributed by atoms with Gasteiger partial charge < -0.3 is 20.3 Å². The molecule has 0 aliphatic heterocycles. The van der Waals surface area contributed by atoms with Crippen molar-refractivity contribution in [2.75, 3.05) is 0 Å². The molecule has 0 heterocycles. The van der Waals surface area contributed by atoms with Crippen molar-refractivity contribution in [2.24, 2.45) is 0 Å². The molecule has 0 aromatic heterocycles. The minimum Gasteiger partial charge on any atom is -0.445 e. The van der Waals surface area contributed by atoms with Crippen LogP contribution in [0.4, 0.5) is 4.79 Å². The van der Waals surface area contributed by atoms with Crippen LogP contribution in [0.2, 0.25) is 0 Å². The number of alkyl carbamates (subject to hydrolysis) is 1. The van der Waals surface area contributed by atoms with E-state index in [-0.39, 0.29) is 6.61 Å². The van der Waals surface area contributed by atoms with Crippen molar-refractivity contribution in [3.8, 4) is 0 Å². The van der Waals surface area contributed by atoms with Gasteiger partial charge in [0.25, 0.3) is 0 Å². The van der Waals surface area contributed by atoms with E-state index < -0.39 is 23.8 Å². The predicted octanol–water partition coefficient (Wildman–Crippen LogP) is 1.82. The molecule has 1 rings (SSSR count). The lowest BCUT2D eigenvalue weighted by molar-refractivity contribution is -0.0819. The van der Waals surface area contributed by atoms with Crippen LogP contribution >= 0.6 is 0 Å². The van der Waals surface area contributed by atoms with Crippen LogP contribution in [0, 0.1) is 0 Å². The number of nitrogens with one attached hydrogen (secondary N) is 1. The molecule has 1 amide bonds. The van der Waals surface area contributed by atoms with Gasteiger partial charge in [-0.15, -0.1) is 0 Å². The first-order valence-electron chi connectivity index (χ1n) is 6.75. The van der Waals surface area contributed by atoms with E-state index >= 15 is 0 Å². The summed E-state index contributed by atoms with van der Waals surface area (Å²) in [7, 11) is 0. The Bertz CT molecular complexity index is 419. The predicted molar refractivity (Wildman–Crippen MR) is 76.1 cm³/mol. The number of rotatable bonds is 6. The van der Waals surface area contributed by atoms with Crippen LogP contribution < -0.4 is 5.32 Å². The van der Waals surface area contributed by atoms with Crippen molar-refractivity contribution in [3.63, 3.8) is 0 Å². The quantitative estimate of drug-likeness (QED) is 0.743. The summed E-state index contributed by atoms with van der Waals surface area (Å²) in [5, 5.41) is 22.4. The Morgan fingerprint density at radius 2 is 2.00 bits per heavy atom. The number of benzene rings is 1. The Hall–Kier alpha value is -1.59. The molecule has 0 spiro atoms. The highest BCUT2D eigenvalue weighted by Gasteiger charge is 2.36. The van der Waals surface area contributed by atoms with Crippen LogP contribution in [0.3, 0.4) is 0 Å². The molecule has 0 bridgehead atoms.